The normalized spacial score (nSPS) is 11.6. The Morgan fingerprint density at radius 2 is 1.88 bits per heavy atom. The summed E-state index contributed by atoms with van der Waals surface area (Å²) in [6.07, 6.45) is 1.07. The van der Waals surface area contributed by atoms with Crippen LogP contribution in [0.5, 0.6) is 0 Å². The lowest BCUT2D eigenvalue weighted by Crippen LogP contribution is -2.08. The van der Waals surface area contributed by atoms with E-state index in [0.29, 0.717) is 5.69 Å². The van der Waals surface area contributed by atoms with Crippen molar-refractivity contribution in [2.75, 3.05) is 12.0 Å². The zero-order chi connectivity index (χ0) is 11.8. The predicted molar refractivity (Wildman–Crippen MR) is 58.9 cm³/mol. The van der Waals surface area contributed by atoms with Gasteiger partial charge in [0.1, 0.15) is 0 Å². The molecule has 2 aromatic rings. The van der Waals surface area contributed by atoms with Crippen LogP contribution in [0, 0.1) is 0 Å². The van der Waals surface area contributed by atoms with Crippen molar-refractivity contribution in [3.63, 3.8) is 0 Å². The van der Waals surface area contributed by atoms with Crippen molar-refractivity contribution in [3.05, 3.63) is 30.3 Å². The number of nitrogens with two attached hydrogens (primary N) is 1. The minimum Gasteiger partial charge on any atom is -0.366 e. The van der Waals surface area contributed by atoms with Crippen molar-refractivity contribution in [1.82, 2.24) is 14.8 Å². The maximum atomic E-state index is 11.5. The van der Waals surface area contributed by atoms with E-state index < -0.39 is 9.84 Å². The molecule has 1 aromatic heterocycles. The van der Waals surface area contributed by atoms with Gasteiger partial charge < -0.3 is 5.73 Å². The largest absolute Gasteiger partial charge is 0.366 e. The standard InChI is InChI=1S/C9H10N4O2S/c1-16(14,15)9-11-8(10)12-13(9)7-5-3-2-4-6-7/h2-6H,1H3,(H2,10,12). The third-order valence-corrected chi connectivity index (χ3v) is 2.85. The van der Waals surface area contributed by atoms with Gasteiger partial charge in [-0.3, -0.25) is 0 Å². The molecule has 0 spiro atoms. The molecule has 84 valence electrons. The molecule has 0 fully saturated rings. The van der Waals surface area contributed by atoms with Gasteiger partial charge in [-0.1, -0.05) is 18.2 Å². The number of para-hydroxylation sites is 1. The van der Waals surface area contributed by atoms with Gasteiger partial charge in [-0.05, 0) is 12.1 Å². The van der Waals surface area contributed by atoms with Crippen molar-refractivity contribution in [1.29, 1.82) is 0 Å². The van der Waals surface area contributed by atoms with Crippen LogP contribution in [-0.4, -0.2) is 29.4 Å². The van der Waals surface area contributed by atoms with E-state index >= 15 is 0 Å². The quantitative estimate of drug-likeness (QED) is 0.810. The molecule has 6 nitrogen and oxygen atoms in total. The zero-order valence-electron chi connectivity index (χ0n) is 8.53. The fraction of sp³-hybridized carbons (Fsp3) is 0.111. The highest BCUT2D eigenvalue weighted by atomic mass is 32.2. The van der Waals surface area contributed by atoms with Gasteiger partial charge in [-0.15, -0.1) is 5.10 Å². The van der Waals surface area contributed by atoms with Crippen LogP contribution in [0.2, 0.25) is 0 Å². The Morgan fingerprint density at radius 1 is 1.25 bits per heavy atom. The van der Waals surface area contributed by atoms with Crippen LogP contribution in [0.15, 0.2) is 35.5 Å². The number of benzene rings is 1. The number of hydrogen-bond donors (Lipinski definition) is 1. The first-order chi connectivity index (χ1) is 7.48. The second kappa shape index (κ2) is 3.60. The van der Waals surface area contributed by atoms with Crippen LogP contribution in [0.4, 0.5) is 5.95 Å². The number of rotatable bonds is 2. The van der Waals surface area contributed by atoms with Crippen LogP contribution in [-0.2, 0) is 9.84 Å². The van der Waals surface area contributed by atoms with E-state index in [4.69, 9.17) is 5.73 Å². The highest BCUT2D eigenvalue weighted by Gasteiger charge is 2.19. The summed E-state index contributed by atoms with van der Waals surface area (Å²) in [6, 6.07) is 8.83. The molecule has 0 saturated heterocycles. The Kier molecular flexibility index (Phi) is 2.39. The van der Waals surface area contributed by atoms with Crippen molar-refractivity contribution in [2.24, 2.45) is 0 Å². The molecule has 0 saturated carbocycles. The van der Waals surface area contributed by atoms with E-state index in [0.717, 1.165) is 6.26 Å². The minimum atomic E-state index is -3.45. The number of aromatic nitrogens is 3. The molecular formula is C9H10N4O2S. The third-order valence-electron chi connectivity index (χ3n) is 1.93. The molecule has 0 aliphatic rings. The summed E-state index contributed by atoms with van der Waals surface area (Å²) in [5.41, 5.74) is 6.01. The Bertz CT molecular complexity index is 604. The maximum Gasteiger partial charge on any atom is 0.251 e. The molecule has 2 rings (SSSR count). The number of anilines is 1. The lowest BCUT2D eigenvalue weighted by molar-refractivity contribution is 0.586. The lowest BCUT2D eigenvalue weighted by atomic mass is 10.3. The molecule has 0 aliphatic carbocycles. The maximum absolute atomic E-state index is 11.5. The SMILES string of the molecule is CS(=O)(=O)c1nc(N)nn1-c1ccccc1. The molecule has 0 amide bonds. The first-order valence-corrected chi connectivity index (χ1v) is 6.35. The smallest absolute Gasteiger partial charge is 0.251 e. The molecule has 16 heavy (non-hydrogen) atoms. The minimum absolute atomic E-state index is 0.0655. The van der Waals surface area contributed by atoms with Crippen LogP contribution in [0.25, 0.3) is 5.69 Å². The molecule has 0 aliphatic heterocycles. The zero-order valence-corrected chi connectivity index (χ0v) is 9.35. The Labute approximate surface area is 92.6 Å². The fourth-order valence-electron chi connectivity index (χ4n) is 1.29. The Morgan fingerprint density at radius 3 is 2.44 bits per heavy atom. The first-order valence-electron chi connectivity index (χ1n) is 4.46. The number of sulfone groups is 1. The molecular weight excluding hydrogens is 228 g/mol. The number of nitrogens with zero attached hydrogens (tertiary/aromatic N) is 3. The first kappa shape index (κ1) is 10.6. The highest BCUT2D eigenvalue weighted by molar-refractivity contribution is 7.90. The summed E-state index contributed by atoms with van der Waals surface area (Å²) in [5, 5.41) is 3.70. The highest BCUT2D eigenvalue weighted by Crippen LogP contribution is 2.14. The second-order valence-corrected chi connectivity index (χ2v) is 5.18. The van der Waals surface area contributed by atoms with Gasteiger partial charge in [0.2, 0.25) is 15.8 Å². The average molecular weight is 238 g/mol. The molecule has 1 aromatic carbocycles. The Balaban J connectivity index is 2.67. The molecule has 0 atom stereocenters. The summed E-state index contributed by atoms with van der Waals surface area (Å²) >= 11 is 0. The van der Waals surface area contributed by atoms with Gasteiger partial charge in [0.15, 0.2) is 0 Å². The number of nitrogen functional groups attached to an aromatic ring is 1. The van der Waals surface area contributed by atoms with Crippen LogP contribution in [0.1, 0.15) is 0 Å². The topological polar surface area (TPSA) is 90.9 Å². The van der Waals surface area contributed by atoms with Crippen molar-refractivity contribution >= 4 is 15.8 Å². The van der Waals surface area contributed by atoms with Crippen LogP contribution in [0.3, 0.4) is 0 Å². The predicted octanol–water partition coefficient (Wildman–Crippen LogP) is 0.253. The molecule has 2 N–H and O–H groups in total. The van der Waals surface area contributed by atoms with E-state index in [1.165, 1.54) is 4.68 Å². The van der Waals surface area contributed by atoms with Crippen LogP contribution >= 0.6 is 0 Å². The summed E-state index contributed by atoms with van der Waals surface area (Å²) in [5.74, 6) is -0.0655. The van der Waals surface area contributed by atoms with E-state index in [2.05, 4.69) is 10.1 Å². The van der Waals surface area contributed by atoms with Crippen LogP contribution < -0.4 is 5.73 Å². The van der Waals surface area contributed by atoms with Crippen molar-refractivity contribution in [3.8, 4) is 5.69 Å². The molecule has 1 heterocycles. The van der Waals surface area contributed by atoms with E-state index in [1.54, 1.807) is 24.3 Å². The monoisotopic (exact) mass is 238 g/mol. The van der Waals surface area contributed by atoms with Gasteiger partial charge in [-0.25, -0.2) is 13.1 Å². The fourth-order valence-corrected chi connectivity index (χ4v) is 2.01. The molecule has 0 bridgehead atoms. The van der Waals surface area contributed by atoms with Gasteiger partial charge in [0.25, 0.3) is 5.16 Å². The van der Waals surface area contributed by atoms with Gasteiger partial charge in [-0.2, -0.15) is 4.98 Å². The third kappa shape index (κ3) is 1.89. The number of hydrogen-bond acceptors (Lipinski definition) is 5. The van der Waals surface area contributed by atoms with Gasteiger partial charge in [0.05, 0.1) is 5.69 Å². The second-order valence-electron chi connectivity index (χ2n) is 3.27. The molecule has 0 unspecified atom stereocenters. The van der Waals surface area contributed by atoms with Crippen molar-refractivity contribution in [2.45, 2.75) is 5.16 Å². The summed E-state index contributed by atoms with van der Waals surface area (Å²) in [7, 11) is -3.45. The average Bonchev–Trinajstić information content (AvgIpc) is 2.61. The van der Waals surface area contributed by atoms with E-state index in [-0.39, 0.29) is 11.1 Å². The van der Waals surface area contributed by atoms with E-state index in [9.17, 15) is 8.42 Å². The Hall–Kier alpha value is -1.89. The molecule has 7 heteroatoms. The molecule has 0 radical (unpaired) electrons. The van der Waals surface area contributed by atoms with E-state index in [1.807, 2.05) is 6.07 Å². The summed E-state index contributed by atoms with van der Waals surface area (Å²) < 4.78 is 24.1. The summed E-state index contributed by atoms with van der Waals surface area (Å²) in [6.45, 7) is 0. The summed E-state index contributed by atoms with van der Waals surface area (Å²) in [4.78, 5) is 3.70. The lowest BCUT2D eigenvalue weighted by Gasteiger charge is -2.02. The van der Waals surface area contributed by atoms with Gasteiger partial charge >= 0.3 is 0 Å². The van der Waals surface area contributed by atoms with Crippen molar-refractivity contribution < 1.29 is 8.42 Å². The van der Waals surface area contributed by atoms with Gasteiger partial charge in [0, 0.05) is 6.26 Å².